The maximum atomic E-state index is 6.07. The Bertz CT molecular complexity index is 567. The lowest BCUT2D eigenvalue weighted by molar-refractivity contribution is 0.428. The van der Waals surface area contributed by atoms with Gasteiger partial charge in [-0.3, -0.25) is 0 Å². The molecule has 2 aromatic carbocycles. The summed E-state index contributed by atoms with van der Waals surface area (Å²) in [5.74, 6) is 0.636. The van der Waals surface area contributed by atoms with Crippen molar-refractivity contribution in [3.05, 3.63) is 69.7 Å². The van der Waals surface area contributed by atoms with Gasteiger partial charge < -0.3 is 5.32 Å². The van der Waals surface area contributed by atoms with E-state index in [1.54, 1.807) is 0 Å². The van der Waals surface area contributed by atoms with E-state index in [4.69, 9.17) is 23.2 Å². The second-order valence-corrected chi connectivity index (χ2v) is 6.54. The summed E-state index contributed by atoms with van der Waals surface area (Å²) in [5, 5.41) is 4.84. The highest BCUT2D eigenvalue weighted by Crippen LogP contribution is 2.24. The maximum Gasteiger partial charge on any atom is 0.0595 e. The fourth-order valence-electron chi connectivity index (χ4n) is 2.38. The van der Waals surface area contributed by atoms with E-state index < -0.39 is 0 Å². The molecule has 1 atom stereocenters. The van der Waals surface area contributed by atoms with Crippen LogP contribution in [0.25, 0.3) is 0 Å². The molecule has 2 rings (SSSR count). The summed E-state index contributed by atoms with van der Waals surface area (Å²) in [5.41, 5.74) is 2.47. The second-order valence-electron chi connectivity index (χ2n) is 5.72. The van der Waals surface area contributed by atoms with Crippen LogP contribution in [0, 0.1) is 5.92 Å². The molecule has 0 spiro atoms. The zero-order valence-electron chi connectivity index (χ0n) is 12.4. The molecule has 112 valence electrons. The Morgan fingerprint density at radius 2 is 1.67 bits per heavy atom. The monoisotopic (exact) mass is 321 g/mol. The van der Waals surface area contributed by atoms with Crippen molar-refractivity contribution in [2.24, 2.45) is 5.92 Å². The molecule has 1 N–H and O–H groups in total. The van der Waals surface area contributed by atoms with Gasteiger partial charge in [0.05, 0.1) is 10.0 Å². The lowest BCUT2D eigenvalue weighted by Crippen LogP contribution is -2.22. The highest BCUT2D eigenvalue weighted by molar-refractivity contribution is 6.42. The van der Waals surface area contributed by atoms with Gasteiger partial charge in [-0.25, -0.2) is 0 Å². The van der Waals surface area contributed by atoms with E-state index in [9.17, 15) is 0 Å². The first kappa shape index (κ1) is 16.4. The number of hydrogen-bond donors (Lipinski definition) is 1. The lowest BCUT2D eigenvalue weighted by Gasteiger charge is -2.21. The van der Waals surface area contributed by atoms with E-state index in [2.05, 4.69) is 49.5 Å². The normalized spacial score (nSPS) is 12.6. The molecule has 21 heavy (non-hydrogen) atoms. The van der Waals surface area contributed by atoms with Crippen molar-refractivity contribution in [1.29, 1.82) is 0 Å². The van der Waals surface area contributed by atoms with Crippen LogP contribution in [0.2, 0.25) is 10.0 Å². The van der Waals surface area contributed by atoms with E-state index >= 15 is 0 Å². The summed E-state index contributed by atoms with van der Waals surface area (Å²) in [6.45, 7) is 5.27. The number of nitrogens with one attached hydrogen (secondary N) is 1. The molecule has 0 radical (unpaired) electrons. The van der Waals surface area contributed by atoms with Crippen molar-refractivity contribution in [2.75, 3.05) is 0 Å². The Morgan fingerprint density at radius 1 is 0.952 bits per heavy atom. The Labute approximate surface area is 137 Å². The van der Waals surface area contributed by atoms with Crippen molar-refractivity contribution >= 4 is 23.2 Å². The summed E-state index contributed by atoms with van der Waals surface area (Å²) in [4.78, 5) is 0. The molecule has 0 saturated heterocycles. The predicted octanol–water partition coefficient (Wildman–Crippen LogP) is 5.87. The van der Waals surface area contributed by atoms with E-state index in [0.29, 0.717) is 22.0 Å². The third-order valence-corrected chi connectivity index (χ3v) is 4.18. The van der Waals surface area contributed by atoms with Crippen LogP contribution in [-0.4, -0.2) is 0 Å². The number of rotatable bonds is 6. The van der Waals surface area contributed by atoms with Crippen LogP contribution in [-0.2, 0) is 6.54 Å². The molecular formula is C18H21Cl2N. The van der Waals surface area contributed by atoms with Crippen LogP contribution in [0.4, 0.5) is 0 Å². The van der Waals surface area contributed by atoms with Crippen molar-refractivity contribution in [2.45, 2.75) is 32.9 Å². The Kier molecular flexibility index (Phi) is 6.10. The molecule has 2 aromatic rings. The summed E-state index contributed by atoms with van der Waals surface area (Å²) >= 11 is 12.0. The fourth-order valence-corrected chi connectivity index (χ4v) is 2.71. The molecule has 0 aromatic heterocycles. The van der Waals surface area contributed by atoms with Gasteiger partial charge in [0.1, 0.15) is 0 Å². The number of halogens is 2. The van der Waals surface area contributed by atoms with Gasteiger partial charge in [0.2, 0.25) is 0 Å². The Hall–Kier alpha value is -1.02. The van der Waals surface area contributed by atoms with Crippen molar-refractivity contribution in [3.8, 4) is 0 Å². The largest absolute Gasteiger partial charge is 0.306 e. The van der Waals surface area contributed by atoms with Gasteiger partial charge in [-0.05, 0) is 35.6 Å². The third kappa shape index (κ3) is 5.03. The highest BCUT2D eigenvalue weighted by Gasteiger charge is 2.12. The Morgan fingerprint density at radius 3 is 2.29 bits per heavy atom. The number of benzene rings is 2. The predicted molar refractivity (Wildman–Crippen MR) is 91.9 cm³/mol. The molecule has 0 fully saturated rings. The maximum absolute atomic E-state index is 6.07. The standard InChI is InChI=1S/C18H21Cl2N/c1-13(2)10-18(15-6-4-3-5-7-15)21-12-14-8-9-16(19)17(20)11-14/h3-9,11,13,18,21H,10,12H2,1-2H3. The van der Waals surface area contributed by atoms with Gasteiger partial charge in [-0.15, -0.1) is 0 Å². The Balaban J connectivity index is 2.07. The summed E-state index contributed by atoms with van der Waals surface area (Å²) in [6, 6.07) is 16.7. The van der Waals surface area contributed by atoms with Crippen LogP contribution >= 0.6 is 23.2 Å². The van der Waals surface area contributed by atoms with E-state index in [1.807, 2.05) is 18.2 Å². The molecule has 0 aliphatic heterocycles. The van der Waals surface area contributed by atoms with Gasteiger partial charge in [-0.1, -0.05) is 73.4 Å². The van der Waals surface area contributed by atoms with E-state index in [-0.39, 0.29) is 0 Å². The first-order valence-corrected chi connectivity index (χ1v) is 8.04. The molecule has 0 aliphatic carbocycles. The van der Waals surface area contributed by atoms with Crippen LogP contribution < -0.4 is 5.32 Å². The van der Waals surface area contributed by atoms with Gasteiger partial charge >= 0.3 is 0 Å². The van der Waals surface area contributed by atoms with Crippen LogP contribution in [0.1, 0.15) is 37.4 Å². The quantitative estimate of drug-likeness (QED) is 0.701. The van der Waals surface area contributed by atoms with E-state index in [0.717, 1.165) is 18.5 Å². The van der Waals surface area contributed by atoms with Crippen LogP contribution in [0.5, 0.6) is 0 Å². The van der Waals surface area contributed by atoms with Crippen LogP contribution in [0.15, 0.2) is 48.5 Å². The van der Waals surface area contributed by atoms with Gasteiger partial charge in [0, 0.05) is 12.6 Å². The molecule has 1 unspecified atom stereocenters. The molecule has 1 nitrogen and oxygen atoms in total. The highest BCUT2D eigenvalue weighted by atomic mass is 35.5. The van der Waals surface area contributed by atoms with Gasteiger partial charge in [-0.2, -0.15) is 0 Å². The molecular weight excluding hydrogens is 301 g/mol. The first-order valence-electron chi connectivity index (χ1n) is 7.28. The van der Waals surface area contributed by atoms with Crippen molar-refractivity contribution in [3.63, 3.8) is 0 Å². The molecule has 0 saturated carbocycles. The average Bonchev–Trinajstić information content (AvgIpc) is 2.47. The smallest absolute Gasteiger partial charge is 0.0595 e. The SMILES string of the molecule is CC(C)CC(NCc1ccc(Cl)c(Cl)c1)c1ccccc1. The minimum absolute atomic E-state index is 0.348. The summed E-state index contributed by atoms with van der Waals surface area (Å²) < 4.78 is 0. The van der Waals surface area contributed by atoms with Gasteiger partial charge in [0.15, 0.2) is 0 Å². The molecule has 0 amide bonds. The fraction of sp³-hybridized carbons (Fsp3) is 0.333. The first-order chi connectivity index (χ1) is 10.1. The zero-order chi connectivity index (χ0) is 15.2. The summed E-state index contributed by atoms with van der Waals surface area (Å²) in [6.07, 6.45) is 1.10. The minimum Gasteiger partial charge on any atom is -0.306 e. The zero-order valence-corrected chi connectivity index (χ0v) is 14.0. The average molecular weight is 322 g/mol. The topological polar surface area (TPSA) is 12.0 Å². The molecule has 0 bridgehead atoms. The molecule has 0 aliphatic rings. The minimum atomic E-state index is 0.348. The molecule has 3 heteroatoms. The van der Waals surface area contributed by atoms with Crippen molar-refractivity contribution < 1.29 is 0 Å². The lowest BCUT2D eigenvalue weighted by atomic mass is 9.97. The van der Waals surface area contributed by atoms with E-state index in [1.165, 1.54) is 5.56 Å². The summed E-state index contributed by atoms with van der Waals surface area (Å²) in [7, 11) is 0. The van der Waals surface area contributed by atoms with Gasteiger partial charge in [0.25, 0.3) is 0 Å². The second kappa shape index (κ2) is 7.84. The van der Waals surface area contributed by atoms with Crippen LogP contribution in [0.3, 0.4) is 0 Å². The molecule has 0 heterocycles. The van der Waals surface area contributed by atoms with Crippen molar-refractivity contribution in [1.82, 2.24) is 5.32 Å². The third-order valence-electron chi connectivity index (χ3n) is 3.45. The number of hydrogen-bond acceptors (Lipinski definition) is 1.